The van der Waals surface area contributed by atoms with Gasteiger partial charge in [0.05, 0.1) is 18.7 Å². The summed E-state index contributed by atoms with van der Waals surface area (Å²) >= 11 is 5.47. The van der Waals surface area contributed by atoms with Crippen LogP contribution in [0.4, 0.5) is 0 Å². The first-order valence-corrected chi connectivity index (χ1v) is 12.7. The van der Waals surface area contributed by atoms with Crippen LogP contribution in [-0.2, 0) is 32.0 Å². The molecule has 2 heterocycles. The number of hydrogen-bond donors (Lipinski definition) is 8. The van der Waals surface area contributed by atoms with E-state index in [1.165, 1.54) is 36.8 Å². The fourth-order valence-corrected chi connectivity index (χ4v) is 3.69. The second-order valence-corrected chi connectivity index (χ2v) is 9.00. The van der Waals surface area contributed by atoms with E-state index in [1.807, 2.05) is 6.26 Å². The molecule has 2 rings (SSSR count). The zero-order chi connectivity index (χ0) is 25.8. The summed E-state index contributed by atoms with van der Waals surface area (Å²) in [4.78, 5) is 63.6. The topological polar surface area (TPSA) is 208 Å². The first-order valence-electron chi connectivity index (χ1n) is 10.7. The molecular formula is C20H30N8O5S2. The number of carbonyl (C=O) groups is 4. The van der Waals surface area contributed by atoms with Gasteiger partial charge < -0.3 is 36.8 Å². The fraction of sp³-hybridized carbons (Fsp3) is 0.500. The number of nitrogens with one attached hydrogen (secondary N) is 5. The molecular weight excluding hydrogens is 496 g/mol. The Kier molecular flexibility index (Phi) is 11.6. The highest BCUT2D eigenvalue weighted by atomic mass is 32.2. The molecule has 0 saturated carbocycles. The van der Waals surface area contributed by atoms with Crippen LogP contribution in [0.5, 0.6) is 0 Å². The molecule has 8 N–H and O–H groups in total. The molecule has 0 bridgehead atoms. The van der Waals surface area contributed by atoms with Crippen LogP contribution in [-0.4, -0.2) is 90.7 Å². The number of thiol groups is 1. The van der Waals surface area contributed by atoms with E-state index < -0.39 is 47.9 Å². The van der Waals surface area contributed by atoms with Crippen molar-refractivity contribution >= 4 is 48.1 Å². The number of aromatic nitrogens is 4. The van der Waals surface area contributed by atoms with Gasteiger partial charge in [-0.1, -0.05) is 0 Å². The van der Waals surface area contributed by atoms with Crippen LogP contribution in [0, 0.1) is 0 Å². The highest BCUT2D eigenvalue weighted by Crippen LogP contribution is 2.06. The zero-order valence-electron chi connectivity index (χ0n) is 19.1. The van der Waals surface area contributed by atoms with E-state index in [0.717, 1.165) is 0 Å². The number of thioether (sulfide) groups is 1. The van der Waals surface area contributed by atoms with Gasteiger partial charge in [-0.25, -0.2) is 14.8 Å². The van der Waals surface area contributed by atoms with Crippen LogP contribution in [0.1, 0.15) is 17.8 Å². The van der Waals surface area contributed by atoms with Crippen LogP contribution in [0.15, 0.2) is 25.0 Å². The van der Waals surface area contributed by atoms with Gasteiger partial charge in [0, 0.05) is 42.4 Å². The molecule has 0 spiro atoms. The second-order valence-electron chi connectivity index (χ2n) is 7.65. The van der Waals surface area contributed by atoms with Crippen LogP contribution in [0.3, 0.4) is 0 Å². The molecule has 2 aromatic heterocycles. The number of hydrogen-bond acceptors (Lipinski definition) is 9. The molecule has 0 aliphatic heterocycles. The maximum absolute atomic E-state index is 13.1. The smallest absolute Gasteiger partial charge is 0.326 e. The van der Waals surface area contributed by atoms with Crippen molar-refractivity contribution in [2.24, 2.45) is 5.73 Å². The fourth-order valence-electron chi connectivity index (χ4n) is 3.05. The van der Waals surface area contributed by atoms with Crippen molar-refractivity contribution < 1.29 is 24.3 Å². The van der Waals surface area contributed by atoms with Crippen molar-refractivity contribution in [3.8, 4) is 0 Å². The number of nitrogens with zero attached hydrogens (tertiary/aromatic N) is 2. The Morgan fingerprint density at radius 1 is 0.971 bits per heavy atom. The molecule has 0 radical (unpaired) electrons. The Balaban J connectivity index is 2.14. The van der Waals surface area contributed by atoms with E-state index in [4.69, 9.17) is 5.73 Å². The van der Waals surface area contributed by atoms with E-state index >= 15 is 0 Å². The van der Waals surface area contributed by atoms with E-state index in [1.54, 1.807) is 0 Å². The molecule has 4 unspecified atom stereocenters. The van der Waals surface area contributed by atoms with E-state index in [2.05, 4.69) is 48.5 Å². The molecule has 3 amide bonds. The Hall–Kier alpha value is -3.04. The van der Waals surface area contributed by atoms with Crippen LogP contribution in [0.2, 0.25) is 0 Å². The molecule has 192 valence electrons. The van der Waals surface area contributed by atoms with Gasteiger partial charge in [-0.3, -0.25) is 14.4 Å². The third-order valence-electron chi connectivity index (χ3n) is 4.98. The predicted octanol–water partition coefficient (Wildman–Crippen LogP) is -1.53. The van der Waals surface area contributed by atoms with Crippen LogP contribution >= 0.6 is 24.4 Å². The lowest BCUT2D eigenvalue weighted by Crippen LogP contribution is -2.58. The van der Waals surface area contributed by atoms with Crippen molar-refractivity contribution in [1.82, 2.24) is 35.9 Å². The first kappa shape index (κ1) is 28.2. The Morgan fingerprint density at radius 2 is 1.49 bits per heavy atom. The lowest BCUT2D eigenvalue weighted by Gasteiger charge is -2.25. The van der Waals surface area contributed by atoms with Crippen molar-refractivity contribution in [2.75, 3.05) is 17.8 Å². The van der Waals surface area contributed by atoms with Crippen LogP contribution < -0.4 is 21.7 Å². The Bertz CT molecular complexity index is 957. The summed E-state index contributed by atoms with van der Waals surface area (Å²) in [5.41, 5.74) is 6.84. The summed E-state index contributed by atoms with van der Waals surface area (Å²) in [6.07, 6.45) is 7.97. The van der Waals surface area contributed by atoms with Gasteiger partial charge >= 0.3 is 5.97 Å². The monoisotopic (exact) mass is 526 g/mol. The molecule has 0 fully saturated rings. The number of carboxylic acids is 1. The van der Waals surface area contributed by atoms with Gasteiger partial charge in [-0.15, -0.1) is 0 Å². The molecule has 4 atom stereocenters. The minimum absolute atomic E-state index is 0.00953. The van der Waals surface area contributed by atoms with Crippen molar-refractivity contribution in [2.45, 2.75) is 43.4 Å². The van der Waals surface area contributed by atoms with Crippen molar-refractivity contribution in [1.29, 1.82) is 0 Å². The maximum Gasteiger partial charge on any atom is 0.326 e. The summed E-state index contributed by atoms with van der Waals surface area (Å²) in [7, 11) is 0. The number of amides is 3. The molecule has 2 aromatic rings. The second kappa shape index (κ2) is 14.4. The summed E-state index contributed by atoms with van der Waals surface area (Å²) in [6.45, 7) is 0. The number of carboxylic acid groups (broad SMARTS) is 1. The minimum Gasteiger partial charge on any atom is -0.480 e. The molecule has 13 nitrogen and oxygen atoms in total. The van der Waals surface area contributed by atoms with E-state index in [0.29, 0.717) is 17.1 Å². The number of aliphatic carboxylic acids is 1. The highest BCUT2D eigenvalue weighted by Gasteiger charge is 2.30. The number of rotatable bonds is 15. The molecule has 35 heavy (non-hydrogen) atoms. The lowest BCUT2D eigenvalue weighted by molar-refractivity contribution is -0.142. The summed E-state index contributed by atoms with van der Waals surface area (Å²) < 4.78 is 0. The number of imidazole rings is 2. The molecule has 0 saturated heterocycles. The van der Waals surface area contributed by atoms with E-state index in [9.17, 15) is 24.3 Å². The lowest BCUT2D eigenvalue weighted by atomic mass is 10.1. The summed E-state index contributed by atoms with van der Waals surface area (Å²) in [5, 5.41) is 17.3. The summed E-state index contributed by atoms with van der Waals surface area (Å²) in [6, 6.07) is -4.24. The SMILES string of the molecule is CSCCC(NC(=O)C(Cc1cnc[nH]1)NC(=O)C(N)CS)C(=O)NC(Cc1cnc[nH]1)C(=O)O. The average Bonchev–Trinajstić information content (AvgIpc) is 3.54. The van der Waals surface area contributed by atoms with E-state index in [-0.39, 0.29) is 25.0 Å². The number of carbonyl (C=O) groups excluding carboxylic acids is 3. The van der Waals surface area contributed by atoms with Gasteiger partial charge in [0.1, 0.15) is 18.1 Å². The number of nitrogens with two attached hydrogens (primary N) is 1. The van der Waals surface area contributed by atoms with Gasteiger partial charge in [-0.05, 0) is 18.4 Å². The third kappa shape index (κ3) is 9.26. The molecule has 0 aliphatic rings. The molecule has 0 aliphatic carbocycles. The largest absolute Gasteiger partial charge is 0.480 e. The number of H-pyrrole nitrogens is 2. The quantitative estimate of drug-likeness (QED) is 0.126. The van der Waals surface area contributed by atoms with Gasteiger partial charge in [0.15, 0.2) is 0 Å². The van der Waals surface area contributed by atoms with Crippen molar-refractivity contribution in [3.05, 3.63) is 36.4 Å². The first-order chi connectivity index (χ1) is 16.7. The predicted molar refractivity (Wildman–Crippen MR) is 133 cm³/mol. The average molecular weight is 527 g/mol. The van der Waals surface area contributed by atoms with Gasteiger partial charge in [0.2, 0.25) is 17.7 Å². The molecule has 15 heteroatoms. The van der Waals surface area contributed by atoms with Crippen molar-refractivity contribution in [3.63, 3.8) is 0 Å². The third-order valence-corrected chi connectivity index (χ3v) is 6.02. The minimum atomic E-state index is -1.23. The highest BCUT2D eigenvalue weighted by molar-refractivity contribution is 7.98. The normalized spacial score (nSPS) is 14.4. The summed E-state index contributed by atoms with van der Waals surface area (Å²) in [5.74, 6) is -2.48. The zero-order valence-corrected chi connectivity index (χ0v) is 20.8. The standard InChI is InChI=1S/C20H30N8O5S2/c1-35-3-2-14(18(30)28-16(20(32)33)5-12-7-23-10-25-12)26-19(31)15(4-11-6-22-9-24-11)27-17(29)13(21)8-34/h6-7,9-10,13-16,34H,2-5,8,21H2,1H3,(H,22,24)(H,23,25)(H,26,31)(H,27,29)(H,28,30)(H,32,33). The number of aromatic amines is 2. The Labute approximate surface area is 211 Å². The van der Waals surface area contributed by atoms with Crippen LogP contribution in [0.25, 0.3) is 0 Å². The Morgan fingerprint density at radius 3 is 1.97 bits per heavy atom. The maximum atomic E-state index is 13.1. The molecule has 0 aromatic carbocycles. The van der Waals surface area contributed by atoms with Gasteiger partial charge in [-0.2, -0.15) is 24.4 Å². The van der Waals surface area contributed by atoms with Gasteiger partial charge in [0.25, 0.3) is 0 Å².